The van der Waals surface area contributed by atoms with E-state index >= 15 is 0 Å². The Morgan fingerprint density at radius 2 is 1.95 bits per heavy atom. The van der Waals surface area contributed by atoms with Crippen LogP contribution in [0.2, 0.25) is 0 Å². The van der Waals surface area contributed by atoms with Crippen LogP contribution in [0.25, 0.3) is 0 Å². The zero-order valence-corrected chi connectivity index (χ0v) is 12.5. The molecule has 2 rings (SSSR count). The van der Waals surface area contributed by atoms with Gasteiger partial charge in [0.25, 0.3) is 0 Å². The number of Topliss-reactive ketones (excluding diaryl/α,β-unsaturated/α-hetero) is 1. The Labute approximate surface area is 125 Å². The minimum atomic E-state index is 0. The molecule has 1 heterocycles. The van der Waals surface area contributed by atoms with Crippen LogP contribution in [-0.2, 0) is 4.79 Å². The number of ketones is 1. The van der Waals surface area contributed by atoms with Crippen molar-refractivity contribution in [2.45, 2.75) is 25.8 Å². The summed E-state index contributed by atoms with van der Waals surface area (Å²) in [5.41, 5.74) is 0.684. The highest BCUT2D eigenvalue weighted by Gasteiger charge is 2.23. The number of nitrogens with one attached hydrogen (secondary N) is 1. The van der Waals surface area contributed by atoms with Gasteiger partial charge < -0.3 is 10.2 Å². The highest BCUT2D eigenvalue weighted by atomic mass is 35.5. The largest absolute Gasteiger partial charge is 0.337 e. The predicted octanol–water partition coefficient (Wildman–Crippen LogP) is 1.89. The van der Waals surface area contributed by atoms with Crippen LogP contribution in [0.15, 0.2) is 30.3 Å². The fraction of sp³-hybridized carbons (Fsp3) is 0.467. The van der Waals surface area contributed by atoms with Crippen LogP contribution in [0.1, 0.15) is 30.1 Å². The van der Waals surface area contributed by atoms with E-state index in [0.717, 1.165) is 19.6 Å². The van der Waals surface area contributed by atoms with E-state index in [1.54, 1.807) is 12.1 Å². The smallest absolute Gasteiger partial charge is 0.223 e. The van der Waals surface area contributed by atoms with Gasteiger partial charge in [0, 0.05) is 44.1 Å². The monoisotopic (exact) mass is 296 g/mol. The standard InChI is InChI=1S/C15H20N2O2.ClH/c1-12-11-16-9-10-17(12)15(19)8-7-14(18)13-5-3-2-4-6-13;/h2-6,12,16H,7-11H2,1H3;1H/t12-;/m0./s1. The van der Waals surface area contributed by atoms with Crippen LogP contribution < -0.4 is 5.32 Å². The molecule has 4 nitrogen and oxygen atoms in total. The van der Waals surface area contributed by atoms with Crippen molar-refractivity contribution >= 4 is 24.1 Å². The third-order valence-electron chi connectivity index (χ3n) is 3.48. The summed E-state index contributed by atoms with van der Waals surface area (Å²) in [4.78, 5) is 25.9. The molecule has 0 aromatic heterocycles. The lowest BCUT2D eigenvalue weighted by molar-refractivity contribution is -0.133. The quantitative estimate of drug-likeness (QED) is 0.863. The molecule has 0 aliphatic carbocycles. The Bertz CT molecular complexity index is 450. The van der Waals surface area contributed by atoms with E-state index in [2.05, 4.69) is 5.32 Å². The molecular weight excluding hydrogens is 276 g/mol. The number of rotatable bonds is 4. The molecule has 110 valence electrons. The molecule has 1 N–H and O–H groups in total. The highest BCUT2D eigenvalue weighted by Crippen LogP contribution is 2.09. The van der Waals surface area contributed by atoms with Crippen LogP contribution in [-0.4, -0.2) is 42.3 Å². The van der Waals surface area contributed by atoms with Crippen molar-refractivity contribution in [1.82, 2.24) is 10.2 Å². The third-order valence-corrected chi connectivity index (χ3v) is 3.48. The Morgan fingerprint density at radius 3 is 2.60 bits per heavy atom. The van der Waals surface area contributed by atoms with Gasteiger partial charge in [-0.15, -0.1) is 12.4 Å². The second-order valence-corrected chi connectivity index (χ2v) is 4.93. The Hall–Kier alpha value is -1.39. The Morgan fingerprint density at radius 1 is 1.25 bits per heavy atom. The maximum atomic E-state index is 12.1. The summed E-state index contributed by atoms with van der Waals surface area (Å²) < 4.78 is 0. The van der Waals surface area contributed by atoms with Gasteiger partial charge in [-0.05, 0) is 6.92 Å². The van der Waals surface area contributed by atoms with E-state index in [4.69, 9.17) is 0 Å². The van der Waals surface area contributed by atoms with E-state index in [-0.39, 0.29) is 30.1 Å². The molecule has 0 unspecified atom stereocenters. The number of halogens is 1. The van der Waals surface area contributed by atoms with E-state index in [9.17, 15) is 9.59 Å². The fourth-order valence-electron chi connectivity index (χ4n) is 2.34. The van der Waals surface area contributed by atoms with Crippen molar-refractivity contribution in [2.24, 2.45) is 0 Å². The lowest BCUT2D eigenvalue weighted by atomic mass is 10.1. The average Bonchev–Trinajstić information content (AvgIpc) is 2.46. The number of nitrogens with zero attached hydrogens (tertiary/aromatic N) is 1. The summed E-state index contributed by atoms with van der Waals surface area (Å²) in [6.45, 7) is 4.43. The predicted molar refractivity (Wildman–Crippen MR) is 81.3 cm³/mol. The topological polar surface area (TPSA) is 49.4 Å². The van der Waals surface area contributed by atoms with Crippen molar-refractivity contribution in [3.8, 4) is 0 Å². The van der Waals surface area contributed by atoms with E-state index < -0.39 is 0 Å². The fourth-order valence-corrected chi connectivity index (χ4v) is 2.34. The molecule has 1 atom stereocenters. The first kappa shape index (κ1) is 16.7. The minimum Gasteiger partial charge on any atom is -0.337 e. The van der Waals surface area contributed by atoms with Gasteiger partial charge in [-0.3, -0.25) is 9.59 Å². The van der Waals surface area contributed by atoms with Gasteiger partial charge in [-0.1, -0.05) is 30.3 Å². The van der Waals surface area contributed by atoms with E-state index in [1.807, 2.05) is 30.0 Å². The number of piperazine rings is 1. The molecule has 1 saturated heterocycles. The number of carbonyl (C=O) groups is 2. The lowest BCUT2D eigenvalue weighted by Gasteiger charge is -2.34. The highest BCUT2D eigenvalue weighted by molar-refractivity contribution is 5.97. The molecule has 0 bridgehead atoms. The normalized spacial score (nSPS) is 18.2. The van der Waals surface area contributed by atoms with Crippen molar-refractivity contribution in [3.63, 3.8) is 0 Å². The van der Waals surface area contributed by atoms with Gasteiger partial charge in [0.15, 0.2) is 5.78 Å². The first-order valence-electron chi connectivity index (χ1n) is 6.77. The molecule has 5 heteroatoms. The molecule has 1 aliphatic rings. The summed E-state index contributed by atoms with van der Waals surface area (Å²) >= 11 is 0. The maximum absolute atomic E-state index is 12.1. The first-order valence-corrected chi connectivity index (χ1v) is 6.77. The van der Waals surface area contributed by atoms with Crippen LogP contribution in [0, 0.1) is 0 Å². The summed E-state index contributed by atoms with van der Waals surface area (Å²) in [5, 5.41) is 3.25. The maximum Gasteiger partial charge on any atom is 0.223 e. The minimum absolute atomic E-state index is 0. The molecule has 0 spiro atoms. The molecular formula is C15H21ClN2O2. The molecule has 1 fully saturated rings. The number of hydrogen-bond acceptors (Lipinski definition) is 3. The summed E-state index contributed by atoms with van der Waals surface area (Å²) in [6.07, 6.45) is 0.595. The van der Waals surface area contributed by atoms with Gasteiger partial charge in [-0.2, -0.15) is 0 Å². The average molecular weight is 297 g/mol. The van der Waals surface area contributed by atoms with E-state index in [0.29, 0.717) is 18.4 Å². The van der Waals surface area contributed by atoms with Crippen molar-refractivity contribution in [2.75, 3.05) is 19.6 Å². The molecule has 0 saturated carbocycles. The van der Waals surface area contributed by atoms with Crippen molar-refractivity contribution < 1.29 is 9.59 Å². The van der Waals surface area contributed by atoms with Gasteiger partial charge in [0.05, 0.1) is 0 Å². The van der Waals surface area contributed by atoms with Crippen LogP contribution in [0.3, 0.4) is 0 Å². The van der Waals surface area contributed by atoms with Crippen LogP contribution in [0.5, 0.6) is 0 Å². The van der Waals surface area contributed by atoms with Crippen molar-refractivity contribution in [3.05, 3.63) is 35.9 Å². The molecule has 0 radical (unpaired) electrons. The Balaban J connectivity index is 0.00000200. The summed E-state index contributed by atoms with van der Waals surface area (Å²) in [7, 11) is 0. The second kappa shape index (κ2) is 8.02. The third kappa shape index (κ3) is 4.32. The zero-order chi connectivity index (χ0) is 13.7. The van der Waals surface area contributed by atoms with Gasteiger partial charge in [0.1, 0.15) is 0 Å². The van der Waals surface area contributed by atoms with Crippen LogP contribution >= 0.6 is 12.4 Å². The molecule has 1 aliphatic heterocycles. The Kier molecular flexibility index (Phi) is 6.68. The van der Waals surface area contributed by atoms with E-state index in [1.165, 1.54) is 0 Å². The lowest BCUT2D eigenvalue weighted by Crippen LogP contribution is -2.52. The molecule has 1 aromatic carbocycles. The first-order chi connectivity index (χ1) is 9.18. The molecule has 1 amide bonds. The SMILES string of the molecule is C[C@H]1CNCCN1C(=O)CCC(=O)c1ccccc1.Cl. The second-order valence-electron chi connectivity index (χ2n) is 4.93. The zero-order valence-electron chi connectivity index (χ0n) is 11.7. The summed E-state index contributed by atoms with van der Waals surface area (Å²) in [6, 6.07) is 9.36. The van der Waals surface area contributed by atoms with Crippen molar-refractivity contribution in [1.29, 1.82) is 0 Å². The number of amides is 1. The number of carbonyl (C=O) groups excluding carboxylic acids is 2. The summed E-state index contributed by atoms with van der Waals surface area (Å²) in [5.74, 6) is 0.120. The molecule has 1 aromatic rings. The van der Waals surface area contributed by atoms with Crippen LogP contribution in [0.4, 0.5) is 0 Å². The van der Waals surface area contributed by atoms with Gasteiger partial charge >= 0.3 is 0 Å². The number of benzene rings is 1. The molecule has 20 heavy (non-hydrogen) atoms. The van der Waals surface area contributed by atoms with Gasteiger partial charge in [-0.25, -0.2) is 0 Å². The van der Waals surface area contributed by atoms with Gasteiger partial charge in [0.2, 0.25) is 5.91 Å². The number of hydrogen-bond donors (Lipinski definition) is 1.